The topological polar surface area (TPSA) is 245 Å². The molecule has 0 radical (unpaired) electrons. The summed E-state index contributed by atoms with van der Waals surface area (Å²) >= 11 is 0. The molecule has 6 aromatic heterocycles. The van der Waals surface area contributed by atoms with E-state index in [-0.39, 0.29) is 48.9 Å². The molecule has 404 valence electrons. The number of benzene rings is 4. The summed E-state index contributed by atoms with van der Waals surface area (Å²) in [5.74, 6) is -1.57. The molecule has 0 aliphatic carbocycles. The highest BCUT2D eigenvalue weighted by Gasteiger charge is 2.23. The molecule has 1 aliphatic rings. The lowest BCUT2D eigenvalue weighted by Gasteiger charge is -2.22. The predicted octanol–water partition coefficient (Wildman–Crippen LogP) is 9.69. The van der Waals surface area contributed by atoms with E-state index in [4.69, 9.17) is 24.4 Å². The molecule has 1 aliphatic heterocycles. The van der Waals surface area contributed by atoms with E-state index in [0.717, 1.165) is 98.2 Å². The third kappa shape index (κ3) is 13.1. The van der Waals surface area contributed by atoms with Crippen molar-refractivity contribution in [3.05, 3.63) is 179 Å². The van der Waals surface area contributed by atoms with Gasteiger partial charge in [-0.15, -0.1) is 0 Å². The minimum atomic E-state index is -1.26. The van der Waals surface area contributed by atoms with Crippen LogP contribution in [0.15, 0.2) is 135 Å². The predicted molar refractivity (Wildman–Crippen MR) is 297 cm³/mol. The number of rotatable bonds is 20. The number of esters is 1. The highest BCUT2D eigenvalue weighted by Crippen LogP contribution is 2.30. The molecule has 10 aromatic rings. The number of hydrogen-bond donors (Lipinski definition) is 3. The van der Waals surface area contributed by atoms with Gasteiger partial charge in [-0.2, -0.15) is 30.6 Å². The Morgan fingerprint density at radius 3 is 2.06 bits per heavy atom. The SMILES string of the molecule is COC(=O)c1cccc(Cn2cc(CC(=O)c3nn(COCC[Si](C)(C)C)c4cc(-c5cnn(C6CCCCO6)c5)ccc34)cn2)c1.O=C(O)c1cccc(Cn2cc(CC(=O)c3n[nH]c4cc(-c5cn[nH]c5)ccc34)cn2)c1. The fourth-order valence-electron chi connectivity index (χ4n) is 9.38. The molecule has 3 N–H and O–H groups in total. The standard InChI is InChI=1S/C35H42N6O5Si.C23H18N6O3/c1-44-35(43)28-9-7-8-25(16-28)21-39-22-26(19-36-39)17-32(42)34-30-12-11-27(29-20-37-40(23-29)33-10-5-6-13-46-33)18-31(30)41(38-34)24-45-14-15-47(2,3)4;30-21(22-19-5-4-16(8-20(19)27-28-22)18-10-24-25-11-18)7-15-9-26-29(13-15)12-14-2-1-3-17(6-14)23(31)32/h7-9,11-12,16,18-20,22-23,33H,5-6,10,13-15,17,21,24H2,1-4H3;1-6,8-11,13H,7,12H2,(H,24,25)(H,27,28)(H,31,32). The molecule has 20 nitrogen and oxygen atoms in total. The fourth-order valence-corrected chi connectivity index (χ4v) is 10.1. The number of ketones is 2. The summed E-state index contributed by atoms with van der Waals surface area (Å²) in [6, 6.07) is 26.8. The summed E-state index contributed by atoms with van der Waals surface area (Å²) in [6.45, 7) is 9.50. The normalized spacial score (nSPS) is 13.6. The van der Waals surface area contributed by atoms with Crippen LogP contribution in [0.3, 0.4) is 0 Å². The van der Waals surface area contributed by atoms with E-state index in [1.807, 2.05) is 71.8 Å². The van der Waals surface area contributed by atoms with Gasteiger partial charge in [0.2, 0.25) is 0 Å². The quantitative estimate of drug-likeness (QED) is 0.0278. The highest BCUT2D eigenvalue weighted by molar-refractivity contribution is 6.76. The zero-order valence-corrected chi connectivity index (χ0v) is 45.3. The first-order chi connectivity index (χ1) is 38.2. The third-order valence-electron chi connectivity index (χ3n) is 13.6. The number of aromatic carboxylic acids is 1. The summed E-state index contributed by atoms with van der Waals surface area (Å²) in [5, 5.41) is 42.7. The van der Waals surface area contributed by atoms with Crippen molar-refractivity contribution in [2.75, 3.05) is 20.3 Å². The van der Waals surface area contributed by atoms with Crippen LogP contribution in [-0.4, -0.2) is 117 Å². The van der Waals surface area contributed by atoms with Crippen LogP contribution in [0.1, 0.15) is 89.4 Å². The fraction of sp³-hybridized carbons (Fsp3) is 0.276. The number of Topliss-reactive ketones (excluding diaryl/α,β-unsaturated/α-hetero) is 2. The molecule has 1 atom stereocenters. The molecule has 4 aromatic carbocycles. The molecule has 1 saturated heterocycles. The number of carboxylic acid groups (broad SMARTS) is 1. The summed E-state index contributed by atoms with van der Waals surface area (Å²) in [5.41, 5.74) is 10.3. The smallest absolute Gasteiger partial charge is 0.337 e. The highest BCUT2D eigenvalue weighted by atomic mass is 28.3. The van der Waals surface area contributed by atoms with E-state index >= 15 is 0 Å². The van der Waals surface area contributed by atoms with Crippen molar-refractivity contribution >= 4 is 53.4 Å². The Morgan fingerprint density at radius 1 is 0.722 bits per heavy atom. The van der Waals surface area contributed by atoms with E-state index in [0.29, 0.717) is 36.6 Å². The van der Waals surface area contributed by atoms with Crippen molar-refractivity contribution in [1.29, 1.82) is 0 Å². The van der Waals surface area contributed by atoms with Gasteiger partial charge >= 0.3 is 11.9 Å². The van der Waals surface area contributed by atoms with Crippen LogP contribution in [0.5, 0.6) is 0 Å². The van der Waals surface area contributed by atoms with Crippen LogP contribution < -0.4 is 0 Å². The zero-order valence-electron chi connectivity index (χ0n) is 44.3. The third-order valence-corrected chi connectivity index (χ3v) is 15.3. The molecular formula is C58H60N12O8Si. The van der Waals surface area contributed by atoms with E-state index in [1.54, 1.807) is 75.4 Å². The lowest BCUT2D eigenvalue weighted by atomic mass is 10.0. The van der Waals surface area contributed by atoms with Crippen LogP contribution in [0.25, 0.3) is 44.1 Å². The molecule has 7 heterocycles. The minimum absolute atomic E-state index is 0.0369. The molecule has 0 spiro atoms. The number of carboxylic acids is 1. The zero-order chi connectivity index (χ0) is 55.0. The molecule has 1 unspecified atom stereocenters. The Bertz CT molecular complexity index is 3780. The van der Waals surface area contributed by atoms with Crippen molar-refractivity contribution in [2.45, 2.75) is 83.8 Å². The number of hydrogen-bond acceptors (Lipinski definition) is 13. The van der Waals surface area contributed by atoms with Gasteiger partial charge in [-0.3, -0.25) is 29.2 Å². The summed E-state index contributed by atoms with van der Waals surface area (Å²) in [4.78, 5) is 49.7. The molecular weight excluding hydrogens is 1020 g/mol. The average Bonchev–Trinajstić information content (AvgIpc) is 4.35. The number of aromatic amines is 2. The maximum absolute atomic E-state index is 13.7. The summed E-state index contributed by atoms with van der Waals surface area (Å²) in [7, 11) is 0.103. The molecule has 0 saturated carbocycles. The first-order valence-corrected chi connectivity index (χ1v) is 29.7. The Labute approximate surface area is 455 Å². The van der Waals surface area contributed by atoms with Crippen molar-refractivity contribution in [3.63, 3.8) is 0 Å². The number of carbonyl (C=O) groups excluding carboxylic acids is 3. The van der Waals surface area contributed by atoms with Gasteiger partial charge in [-0.05, 0) is 107 Å². The Balaban J connectivity index is 0.000000191. The van der Waals surface area contributed by atoms with Gasteiger partial charge in [-0.1, -0.05) is 56.0 Å². The van der Waals surface area contributed by atoms with Crippen molar-refractivity contribution in [3.8, 4) is 22.3 Å². The number of aromatic nitrogens is 12. The van der Waals surface area contributed by atoms with Crippen molar-refractivity contribution in [1.82, 2.24) is 59.5 Å². The second-order valence-electron chi connectivity index (χ2n) is 20.8. The summed E-state index contributed by atoms with van der Waals surface area (Å²) < 4.78 is 24.0. The summed E-state index contributed by atoms with van der Waals surface area (Å²) in [6.07, 6.45) is 17.9. The molecule has 11 rings (SSSR count). The van der Waals surface area contributed by atoms with Crippen molar-refractivity contribution < 1.29 is 38.5 Å². The molecule has 0 amide bonds. The number of methoxy groups -OCH3 is 1. The van der Waals surface area contributed by atoms with Crippen LogP contribution in [0.2, 0.25) is 25.7 Å². The average molecular weight is 1080 g/mol. The number of ether oxygens (including phenoxy) is 3. The first-order valence-electron chi connectivity index (χ1n) is 26.0. The van der Waals surface area contributed by atoms with Crippen LogP contribution in [0, 0.1) is 0 Å². The first kappa shape index (κ1) is 53.5. The Morgan fingerprint density at radius 2 is 1.41 bits per heavy atom. The van der Waals surface area contributed by atoms with Gasteiger partial charge in [-0.25, -0.2) is 19.0 Å². The van der Waals surface area contributed by atoms with Gasteiger partial charge in [0.1, 0.15) is 24.3 Å². The number of fused-ring (bicyclic) bond motifs is 2. The number of H-pyrrole nitrogens is 2. The van der Waals surface area contributed by atoms with Crippen LogP contribution in [-0.2, 0) is 46.9 Å². The largest absolute Gasteiger partial charge is 0.478 e. The van der Waals surface area contributed by atoms with E-state index in [1.165, 1.54) is 7.11 Å². The monoisotopic (exact) mass is 1080 g/mol. The van der Waals surface area contributed by atoms with E-state index in [2.05, 4.69) is 61.4 Å². The van der Waals surface area contributed by atoms with Gasteiger partial charge in [0, 0.05) is 80.8 Å². The van der Waals surface area contributed by atoms with Gasteiger partial charge in [0.05, 0.1) is 67.1 Å². The molecule has 21 heteroatoms. The van der Waals surface area contributed by atoms with Crippen LogP contribution in [0.4, 0.5) is 0 Å². The maximum Gasteiger partial charge on any atom is 0.337 e. The number of nitrogens with one attached hydrogen (secondary N) is 2. The number of nitrogens with zero attached hydrogens (tertiary/aromatic N) is 10. The maximum atomic E-state index is 13.7. The minimum Gasteiger partial charge on any atom is -0.478 e. The molecule has 1 fully saturated rings. The molecule has 0 bridgehead atoms. The lowest BCUT2D eigenvalue weighted by Crippen LogP contribution is -2.22. The molecule has 79 heavy (non-hydrogen) atoms. The van der Waals surface area contributed by atoms with E-state index < -0.39 is 14.0 Å². The Hall–Kier alpha value is -8.92. The second kappa shape index (κ2) is 23.8. The van der Waals surface area contributed by atoms with Crippen LogP contribution >= 0.6 is 0 Å². The Kier molecular flexibility index (Phi) is 16.1. The van der Waals surface area contributed by atoms with Crippen molar-refractivity contribution in [2.24, 2.45) is 0 Å². The number of carbonyl (C=O) groups is 4. The van der Waals surface area contributed by atoms with Gasteiger partial charge < -0.3 is 19.3 Å². The van der Waals surface area contributed by atoms with Gasteiger partial charge in [0.15, 0.2) is 11.6 Å². The van der Waals surface area contributed by atoms with Gasteiger partial charge in [0.25, 0.3) is 0 Å². The second-order valence-corrected chi connectivity index (χ2v) is 26.4. The lowest BCUT2D eigenvalue weighted by molar-refractivity contribution is -0.0394. The van der Waals surface area contributed by atoms with E-state index in [9.17, 15) is 19.2 Å².